The molecule has 2 aliphatic rings. The Morgan fingerprint density at radius 3 is 2.33 bits per heavy atom. The van der Waals surface area contributed by atoms with Gasteiger partial charge >= 0.3 is 11.9 Å². The summed E-state index contributed by atoms with van der Waals surface area (Å²) in [6.45, 7) is 16.2. The summed E-state index contributed by atoms with van der Waals surface area (Å²) in [5.41, 5.74) is 13.1. The van der Waals surface area contributed by atoms with Gasteiger partial charge in [0.2, 0.25) is 0 Å². The molecule has 0 amide bonds. The number of nitrogens with two attached hydrogens (primary N) is 2. The van der Waals surface area contributed by atoms with Crippen LogP contribution in [0.4, 0.5) is 0 Å². The molecule has 49 heavy (non-hydrogen) atoms. The molecule has 11 nitrogen and oxygen atoms in total. The maximum Gasteiger partial charge on any atom is 0.359 e. The van der Waals surface area contributed by atoms with Crippen LogP contribution < -0.4 is 17.1 Å². The van der Waals surface area contributed by atoms with Crippen molar-refractivity contribution in [1.29, 1.82) is 0 Å². The number of fused-ring (bicyclic) bond motifs is 8. The second-order valence-corrected chi connectivity index (χ2v) is 13.4. The van der Waals surface area contributed by atoms with Crippen molar-refractivity contribution < 1.29 is 19.3 Å². The van der Waals surface area contributed by atoms with Crippen molar-refractivity contribution >= 4 is 45.2 Å². The lowest BCUT2D eigenvalue weighted by Crippen LogP contribution is -2.18. The third-order valence-electron chi connectivity index (χ3n) is 10.4. The average molecular weight is 670 g/mol. The van der Waals surface area contributed by atoms with E-state index in [-0.39, 0.29) is 18.3 Å². The molecule has 0 spiro atoms. The minimum absolute atomic E-state index is 0.0539. The van der Waals surface area contributed by atoms with Crippen molar-refractivity contribution in [3.8, 4) is 0 Å². The van der Waals surface area contributed by atoms with Gasteiger partial charge < -0.3 is 25.0 Å². The van der Waals surface area contributed by atoms with Crippen molar-refractivity contribution in [2.75, 3.05) is 13.1 Å². The lowest BCUT2D eigenvalue weighted by atomic mass is 9.85. The smallest absolute Gasteiger partial charge is 0.359 e. The Balaban J connectivity index is 1.82. The van der Waals surface area contributed by atoms with Gasteiger partial charge in [0.1, 0.15) is 0 Å². The Kier molecular flexibility index (Phi) is 11.4. The van der Waals surface area contributed by atoms with E-state index in [4.69, 9.17) is 26.6 Å². The molecule has 5 heterocycles. The molecule has 0 unspecified atom stereocenters. The zero-order valence-electron chi connectivity index (χ0n) is 29.9. The van der Waals surface area contributed by atoms with E-state index in [1.165, 1.54) is 30.4 Å². The van der Waals surface area contributed by atoms with Crippen LogP contribution in [0.5, 0.6) is 0 Å². The summed E-state index contributed by atoms with van der Waals surface area (Å²) in [6.07, 6.45) is 6.21. The van der Waals surface area contributed by atoms with Crippen LogP contribution in [0.25, 0.3) is 33.2 Å². The molecule has 0 radical (unpaired) electrons. The van der Waals surface area contributed by atoms with Crippen LogP contribution in [-0.2, 0) is 20.9 Å². The Hall–Kier alpha value is -4.32. The van der Waals surface area contributed by atoms with E-state index in [2.05, 4.69) is 66.9 Å². The van der Waals surface area contributed by atoms with E-state index >= 15 is 0 Å². The van der Waals surface area contributed by atoms with Crippen LogP contribution in [0, 0.1) is 20.8 Å². The van der Waals surface area contributed by atoms with Crippen molar-refractivity contribution in [3.63, 3.8) is 0 Å². The lowest BCUT2D eigenvalue weighted by Gasteiger charge is -2.16. The molecule has 3 aromatic heterocycles. The highest BCUT2D eigenvalue weighted by atomic mass is 16.7. The highest BCUT2D eigenvalue weighted by molar-refractivity contribution is 6.03. The fraction of sp³-hybridized carbons (Fsp3) is 0.474. The van der Waals surface area contributed by atoms with Crippen molar-refractivity contribution in [2.24, 2.45) is 11.8 Å². The first-order valence-electron chi connectivity index (χ1n) is 17.5. The predicted molar refractivity (Wildman–Crippen MR) is 194 cm³/mol. The first kappa shape index (κ1) is 36.0. The maximum atomic E-state index is 13.2. The van der Waals surface area contributed by atoms with Gasteiger partial charge in [-0.1, -0.05) is 40.0 Å². The highest BCUT2D eigenvalue weighted by Gasteiger charge is 2.32. The van der Waals surface area contributed by atoms with Crippen LogP contribution in [0.3, 0.4) is 0 Å². The van der Waals surface area contributed by atoms with Crippen molar-refractivity contribution in [1.82, 2.24) is 25.3 Å². The minimum Gasteiger partial charge on any atom is -0.373 e. The van der Waals surface area contributed by atoms with E-state index in [1.54, 1.807) is 0 Å². The summed E-state index contributed by atoms with van der Waals surface area (Å²) in [5.74, 6) is 9.31. The monoisotopic (exact) mass is 669 g/mol. The number of rotatable bonds is 12. The Morgan fingerprint density at radius 1 is 0.878 bits per heavy atom. The van der Waals surface area contributed by atoms with E-state index in [0.29, 0.717) is 29.6 Å². The number of H-pyrrole nitrogens is 2. The molecule has 0 saturated carbocycles. The number of aryl methyl sites for hydroxylation is 4. The standard InChI is InChI=1S/C38H51N7O4/c1-8-10-11-12-15-41-19-27-22(5)28-16-30-21(4)26(13-14-34(46)48-39)36(44-30)24(7)37-35(38(47)49-40)23(6)31(45-37)18-32-25(9-2)20(3)29(42-32)17-33(27)43-28/h16-18,21,26,41-42,45H,8-15,19,39-40H2,1-7H3/t21-,26-/m0/s1. The van der Waals surface area contributed by atoms with Gasteiger partial charge in [0.15, 0.2) is 0 Å². The van der Waals surface area contributed by atoms with Gasteiger partial charge in [0, 0.05) is 52.7 Å². The van der Waals surface area contributed by atoms with E-state index < -0.39 is 11.9 Å². The molecule has 11 heteroatoms. The minimum atomic E-state index is -0.644. The molecule has 7 N–H and O–H groups in total. The molecule has 3 aromatic rings. The molecule has 0 fully saturated rings. The molecule has 2 aliphatic heterocycles. The summed E-state index contributed by atoms with van der Waals surface area (Å²) in [7, 11) is 0. The number of unbranched alkanes of at least 4 members (excludes halogenated alkanes) is 3. The zero-order chi connectivity index (χ0) is 35.4. The number of aromatic nitrogens is 4. The lowest BCUT2D eigenvalue weighted by molar-refractivity contribution is -0.144. The summed E-state index contributed by atoms with van der Waals surface area (Å²) in [5, 5.41) is 3.67. The van der Waals surface area contributed by atoms with Crippen LogP contribution in [0.15, 0.2) is 18.2 Å². The zero-order valence-corrected chi connectivity index (χ0v) is 29.9. The fourth-order valence-corrected chi connectivity index (χ4v) is 7.32. The van der Waals surface area contributed by atoms with Gasteiger partial charge in [-0.2, -0.15) is 11.8 Å². The first-order chi connectivity index (χ1) is 23.5. The topological polar surface area (TPSA) is 174 Å². The molecular formula is C38H51N7O4. The molecule has 2 atom stereocenters. The summed E-state index contributed by atoms with van der Waals surface area (Å²) in [4.78, 5) is 52.2. The number of carbonyl (C=O) groups excluding carboxylic acids is 2. The summed E-state index contributed by atoms with van der Waals surface area (Å²) < 4.78 is 0. The van der Waals surface area contributed by atoms with Gasteiger partial charge in [-0.3, -0.25) is 9.78 Å². The number of nitrogens with one attached hydrogen (secondary N) is 3. The van der Waals surface area contributed by atoms with Crippen LogP contribution >= 0.6 is 0 Å². The summed E-state index contributed by atoms with van der Waals surface area (Å²) >= 11 is 0. The molecule has 0 saturated heterocycles. The summed E-state index contributed by atoms with van der Waals surface area (Å²) in [6, 6.07) is 6.26. The molecule has 5 rings (SSSR count). The third-order valence-corrected chi connectivity index (χ3v) is 10.4. The van der Waals surface area contributed by atoms with Crippen molar-refractivity contribution in [2.45, 2.75) is 105 Å². The average Bonchev–Trinajstić information content (AvgIpc) is 3.78. The molecule has 0 aliphatic carbocycles. The van der Waals surface area contributed by atoms with E-state index in [0.717, 1.165) is 75.4 Å². The van der Waals surface area contributed by atoms with Crippen LogP contribution in [0.2, 0.25) is 0 Å². The second kappa shape index (κ2) is 15.5. The highest BCUT2D eigenvalue weighted by Crippen LogP contribution is 2.42. The number of carbonyl (C=O) groups is 2. The number of hydrogen-bond donors (Lipinski definition) is 5. The van der Waals surface area contributed by atoms with Gasteiger partial charge in [-0.15, -0.1) is 0 Å². The largest absolute Gasteiger partial charge is 0.373 e. The van der Waals surface area contributed by atoms with Gasteiger partial charge in [0.05, 0.1) is 22.5 Å². The fourth-order valence-electron chi connectivity index (χ4n) is 7.32. The second-order valence-electron chi connectivity index (χ2n) is 13.4. The Morgan fingerprint density at radius 2 is 1.63 bits per heavy atom. The van der Waals surface area contributed by atoms with Gasteiger partial charge in [0.25, 0.3) is 0 Å². The quantitative estimate of drug-likeness (QED) is 0.100. The molecular weight excluding hydrogens is 618 g/mol. The third kappa shape index (κ3) is 7.20. The predicted octanol–water partition coefficient (Wildman–Crippen LogP) is 7.02. The Labute approximate surface area is 288 Å². The van der Waals surface area contributed by atoms with Crippen LogP contribution in [-0.4, -0.2) is 45.0 Å². The SMILES string of the molecule is CCCCCCNCC1=C(C)c2cc3nc(c(C)c4[nH]c(cc5[nH]c(cc1n2)c(C)c5CC)c(C)c4C(=O)ON)[C@@H](CCC(=O)ON)[C@@H]3C. The number of aromatic amines is 2. The molecule has 8 bridgehead atoms. The number of allylic oxidation sites excluding steroid dienone is 1. The van der Waals surface area contributed by atoms with E-state index in [9.17, 15) is 9.59 Å². The van der Waals surface area contributed by atoms with Gasteiger partial charge in [-0.25, -0.2) is 9.78 Å². The Bertz CT molecular complexity index is 1940. The number of nitrogens with zero attached hydrogens (tertiary/aromatic N) is 2. The first-order valence-corrected chi connectivity index (χ1v) is 17.5. The molecule has 262 valence electrons. The normalized spacial score (nSPS) is 15.9. The van der Waals surface area contributed by atoms with Gasteiger partial charge in [-0.05, 0) is 105 Å². The maximum absolute atomic E-state index is 13.2. The molecule has 0 aromatic carbocycles. The van der Waals surface area contributed by atoms with Crippen molar-refractivity contribution in [3.05, 3.63) is 68.8 Å². The van der Waals surface area contributed by atoms with Crippen LogP contribution in [0.1, 0.15) is 133 Å². The number of hydrogen-bond acceptors (Lipinski definition) is 9. The van der Waals surface area contributed by atoms with E-state index in [1.807, 2.05) is 19.9 Å².